The third-order valence-electron chi connectivity index (χ3n) is 5.76. The maximum absolute atomic E-state index is 13.5. The summed E-state index contributed by atoms with van der Waals surface area (Å²) in [5.74, 6) is -0.767. The Morgan fingerprint density at radius 2 is 1.38 bits per heavy atom. The predicted molar refractivity (Wildman–Crippen MR) is 146 cm³/mol. The zero-order valence-electron chi connectivity index (χ0n) is 20.6. The number of amides is 2. The van der Waals surface area contributed by atoms with Gasteiger partial charge in [0.2, 0.25) is 15.9 Å². The molecule has 2 amide bonds. The van der Waals surface area contributed by atoms with Gasteiger partial charge < -0.3 is 10.6 Å². The van der Waals surface area contributed by atoms with Crippen molar-refractivity contribution in [3.05, 3.63) is 108 Å². The minimum atomic E-state index is -3.75. The fourth-order valence-corrected chi connectivity index (χ4v) is 5.58. The largest absolute Gasteiger partial charge is 0.340 e. The number of anilines is 1. The number of fused-ring (bicyclic) bond motifs is 1. The number of benzene rings is 4. The van der Waals surface area contributed by atoms with Crippen molar-refractivity contribution < 1.29 is 18.0 Å². The molecule has 8 heteroatoms. The van der Waals surface area contributed by atoms with Gasteiger partial charge in [-0.2, -0.15) is 0 Å². The third kappa shape index (κ3) is 6.41. The van der Waals surface area contributed by atoms with E-state index < -0.39 is 22.0 Å². The minimum Gasteiger partial charge on any atom is -0.340 e. The molecule has 1 atom stereocenters. The molecule has 3 N–H and O–H groups in total. The van der Waals surface area contributed by atoms with Crippen LogP contribution in [0.5, 0.6) is 0 Å². The van der Waals surface area contributed by atoms with Crippen LogP contribution < -0.4 is 15.4 Å². The smallest absolute Gasteiger partial charge is 0.251 e. The molecule has 0 aliphatic rings. The first kappa shape index (κ1) is 26.1. The highest BCUT2D eigenvalue weighted by atomic mass is 32.2. The van der Waals surface area contributed by atoms with Gasteiger partial charge in [-0.1, -0.05) is 72.8 Å². The summed E-state index contributed by atoms with van der Waals surface area (Å²) in [6.07, 6.45) is 0.286. The fraction of sp³-hybridized carbons (Fsp3) is 0.172. The van der Waals surface area contributed by atoms with Crippen molar-refractivity contribution in [3.63, 3.8) is 0 Å². The van der Waals surface area contributed by atoms with E-state index in [9.17, 15) is 18.0 Å². The molecule has 0 aromatic heterocycles. The van der Waals surface area contributed by atoms with Crippen molar-refractivity contribution in [3.8, 4) is 0 Å². The number of sulfonamides is 1. The molecule has 1 unspecified atom stereocenters. The second-order valence-electron chi connectivity index (χ2n) is 9.00. The standard InChI is InChI=1S/C29H29N3O4S/c1-20(2)32-37(35,36)27-18-10-15-23-24(27)16-9-17-25(23)30-29(34)26(19-21-11-5-3-6-12-21)31-28(33)22-13-7-4-8-14-22/h3-18,20,26,32H,19H2,1-2H3,(H,30,34)(H,31,33). The molecule has 0 aliphatic carbocycles. The van der Waals surface area contributed by atoms with E-state index in [0.717, 1.165) is 5.56 Å². The number of nitrogens with one attached hydrogen (secondary N) is 3. The van der Waals surface area contributed by atoms with E-state index >= 15 is 0 Å². The molecule has 0 heterocycles. The molecule has 0 bridgehead atoms. The van der Waals surface area contributed by atoms with Gasteiger partial charge in [0.15, 0.2) is 0 Å². The number of rotatable bonds is 9. The molecular formula is C29H29N3O4S. The van der Waals surface area contributed by atoms with Gasteiger partial charge >= 0.3 is 0 Å². The summed E-state index contributed by atoms with van der Waals surface area (Å²) in [7, 11) is -3.75. The van der Waals surface area contributed by atoms with Crippen molar-refractivity contribution in [1.82, 2.24) is 10.0 Å². The van der Waals surface area contributed by atoms with Gasteiger partial charge in [0.25, 0.3) is 5.91 Å². The number of hydrogen-bond acceptors (Lipinski definition) is 4. The van der Waals surface area contributed by atoms with Crippen LogP contribution in [0, 0.1) is 0 Å². The Hall–Kier alpha value is -4.01. The Morgan fingerprint density at radius 3 is 2.05 bits per heavy atom. The highest BCUT2D eigenvalue weighted by Gasteiger charge is 2.24. The van der Waals surface area contributed by atoms with E-state index in [1.807, 2.05) is 36.4 Å². The molecule has 7 nitrogen and oxygen atoms in total. The maximum atomic E-state index is 13.5. The van der Waals surface area contributed by atoms with Crippen molar-refractivity contribution in [2.75, 3.05) is 5.32 Å². The molecule has 0 fully saturated rings. The van der Waals surface area contributed by atoms with Gasteiger partial charge in [-0.3, -0.25) is 9.59 Å². The van der Waals surface area contributed by atoms with Crippen LogP contribution in [-0.4, -0.2) is 32.3 Å². The van der Waals surface area contributed by atoms with E-state index in [1.165, 1.54) is 6.07 Å². The molecule has 4 aromatic carbocycles. The topological polar surface area (TPSA) is 104 Å². The zero-order chi connectivity index (χ0) is 26.4. The fourth-order valence-electron chi connectivity index (χ4n) is 4.11. The summed E-state index contributed by atoms with van der Waals surface area (Å²) >= 11 is 0. The van der Waals surface area contributed by atoms with E-state index in [-0.39, 0.29) is 23.3 Å². The molecule has 0 saturated heterocycles. The van der Waals surface area contributed by atoms with Crippen LogP contribution in [0.1, 0.15) is 29.8 Å². The average Bonchev–Trinajstić information content (AvgIpc) is 2.88. The SMILES string of the molecule is CC(C)NS(=O)(=O)c1cccc2c(NC(=O)C(Cc3ccccc3)NC(=O)c3ccccc3)cccc12. The van der Waals surface area contributed by atoms with Crippen LogP contribution in [-0.2, 0) is 21.2 Å². The van der Waals surface area contributed by atoms with Crippen LogP contribution >= 0.6 is 0 Å². The summed E-state index contributed by atoms with van der Waals surface area (Å²) in [5.41, 5.74) is 1.80. The van der Waals surface area contributed by atoms with Crippen molar-refractivity contribution in [2.24, 2.45) is 0 Å². The van der Waals surface area contributed by atoms with E-state index in [0.29, 0.717) is 22.0 Å². The first-order valence-corrected chi connectivity index (χ1v) is 13.5. The number of carbonyl (C=O) groups is 2. The Bertz CT molecular complexity index is 1500. The lowest BCUT2D eigenvalue weighted by molar-refractivity contribution is -0.118. The highest BCUT2D eigenvalue weighted by Crippen LogP contribution is 2.29. The van der Waals surface area contributed by atoms with Gasteiger partial charge in [-0.05, 0) is 43.7 Å². The van der Waals surface area contributed by atoms with Gasteiger partial charge in [0, 0.05) is 34.5 Å². The molecule has 0 spiro atoms. The van der Waals surface area contributed by atoms with Gasteiger partial charge in [-0.25, -0.2) is 13.1 Å². The summed E-state index contributed by atoms with van der Waals surface area (Å²) in [6, 6.07) is 27.1. The Kier molecular flexibility index (Phi) is 8.01. The Labute approximate surface area is 217 Å². The number of carbonyl (C=O) groups excluding carboxylic acids is 2. The summed E-state index contributed by atoms with van der Waals surface area (Å²) < 4.78 is 28.4. The van der Waals surface area contributed by atoms with Gasteiger partial charge in [0.05, 0.1) is 4.90 Å². The molecule has 0 radical (unpaired) electrons. The molecule has 0 aliphatic heterocycles. The molecule has 190 valence electrons. The first-order chi connectivity index (χ1) is 17.7. The quantitative estimate of drug-likeness (QED) is 0.305. The summed E-state index contributed by atoms with van der Waals surface area (Å²) in [6.45, 7) is 3.51. The molecule has 37 heavy (non-hydrogen) atoms. The summed E-state index contributed by atoms with van der Waals surface area (Å²) in [5, 5.41) is 6.83. The lowest BCUT2D eigenvalue weighted by Crippen LogP contribution is -2.45. The second-order valence-corrected chi connectivity index (χ2v) is 10.7. The Morgan fingerprint density at radius 1 is 0.757 bits per heavy atom. The highest BCUT2D eigenvalue weighted by molar-refractivity contribution is 7.89. The van der Waals surface area contributed by atoms with Crippen LogP contribution in [0.2, 0.25) is 0 Å². The van der Waals surface area contributed by atoms with Crippen molar-refractivity contribution in [1.29, 1.82) is 0 Å². The normalized spacial score (nSPS) is 12.3. The Balaban J connectivity index is 1.65. The lowest BCUT2D eigenvalue weighted by atomic mass is 10.0. The summed E-state index contributed by atoms with van der Waals surface area (Å²) in [4.78, 5) is 26.5. The van der Waals surface area contributed by atoms with Crippen LogP contribution in [0.25, 0.3) is 10.8 Å². The van der Waals surface area contributed by atoms with E-state index in [1.54, 1.807) is 68.4 Å². The molecular weight excluding hydrogens is 486 g/mol. The van der Waals surface area contributed by atoms with Crippen LogP contribution in [0.3, 0.4) is 0 Å². The predicted octanol–water partition coefficient (Wildman–Crippen LogP) is 4.51. The first-order valence-electron chi connectivity index (χ1n) is 12.0. The van der Waals surface area contributed by atoms with Gasteiger partial charge in [0.1, 0.15) is 6.04 Å². The average molecular weight is 516 g/mol. The maximum Gasteiger partial charge on any atom is 0.251 e. The molecule has 0 saturated carbocycles. The van der Waals surface area contributed by atoms with Crippen molar-refractivity contribution >= 4 is 38.3 Å². The third-order valence-corrected chi connectivity index (χ3v) is 7.48. The lowest BCUT2D eigenvalue weighted by Gasteiger charge is -2.20. The monoisotopic (exact) mass is 515 g/mol. The van der Waals surface area contributed by atoms with E-state index in [4.69, 9.17) is 0 Å². The van der Waals surface area contributed by atoms with Crippen LogP contribution in [0.4, 0.5) is 5.69 Å². The number of hydrogen-bond donors (Lipinski definition) is 3. The van der Waals surface area contributed by atoms with E-state index in [2.05, 4.69) is 15.4 Å². The van der Waals surface area contributed by atoms with Crippen LogP contribution in [0.15, 0.2) is 102 Å². The van der Waals surface area contributed by atoms with Crippen molar-refractivity contribution in [2.45, 2.75) is 37.2 Å². The molecule has 4 aromatic rings. The zero-order valence-corrected chi connectivity index (χ0v) is 21.5. The van der Waals surface area contributed by atoms with Gasteiger partial charge in [-0.15, -0.1) is 0 Å². The second kappa shape index (κ2) is 11.4. The molecule has 4 rings (SSSR count). The minimum absolute atomic E-state index is 0.132.